The fourth-order valence-corrected chi connectivity index (χ4v) is 2.58. The Morgan fingerprint density at radius 2 is 2.08 bits per heavy atom. The van der Waals surface area contributed by atoms with Crippen molar-refractivity contribution < 1.29 is 13.9 Å². The first-order chi connectivity index (χ1) is 12.3. The van der Waals surface area contributed by atoms with Gasteiger partial charge in [0.25, 0.3) is 0 Å². The van der Waals surface area contributed by atoms with Crippen LogP contribution in [-0.4, -0.2) is 25.2 Å². The van der Waals surface area contributed by atoms with Gasteiger partial charge in [0.05, 0.1) is 18.7 Å². The lowest BCUT2D eigenvalue weighted by molar-refractivity contribution is 0.300. The molecule has 0 saturated carbocycles. The van der Waals surface area contributed by atoms with Crippen LogP contribution in [0.2, 0.25) is 5.02 Å². The summed E-state index contributed by atoms with van der Waals surface area (Å²) in [5, 5.41) is 3.83. The van der Waals surface area contributed by atoms with Crippen molar-refractivity contribution in [3.63, 3.8) is 0 Å². The number of pyridine rings is 1. The average Bonchev–Trinajstić information content (AvgIpc) is 3.11. The Bertz CT molecular complexity index is 805. The van der Waals surface area contributed by atoms with Crippen LogP contribution in [-0.2, 0) is 6.54 Å². The molecule has 5 nitrogen and oxygen atoms in total. The summed E-state index contributed by atoms with van der Waals surface area (Å²) in [7, 11) is 1.59. The van der Waals surface area contributed by atoms with Gasteiger partial charge in [0.15, 0.2) is 0 Å². The van der Waals surface area contributed by atoms with Gasteiger partial charge < -0.3 is 19.2 Å². The fourth-order valence-electron chi connectivity index (χ4n) is 2.32. The van der Waals surface area contributed by atoms with E-state index in [-0.39, 0.29) is 0 Å². The molecule has 0 aliphatic rings. The zero-order valence-corrected chi connectivity index (χ0v) is 14.6. The molecular formula is C19H19ClN2O3. The Morgan fingerprint density at radius 1 is 1.16 bits per heavy atom. The predicted molar refractivity (Wildman–Crippen MR) is 97.1 cm³/mol. The van der Waals surface area contributed by atoms with Crippen molar-refractivity contribution in [2.45, 2.75) is 6.54 Å². The topological polar surface area (TPSA) is 56.5 Å². The van der Waals surface area contributed by atoms with Gasteiger partial charge >= 0.3 is 0 Å². The highest BCUT2D eigenvalue weighted by molar-refractivity contribution is 6.32. The minimum absolute atomic E-state index is 0.540. The molecule has 0 atom stereocenters. The number of halogens is 1. The molecule has 130 valence electrons. The zero-order valence-electron chi connectivity index (χ0n) is 13.9. The van der Waals surface area contributed by atoms with Gasteiger partial charge in [-0.15, -0.1) is 0 Å². The number of furan rings is 1. The minimum Gasteiger partial charge on any atom is -0.495 e. The largest absolute Gasteiger partial charge is 0.495 e. The van der Waals surface area contributed by atoms with Crippen molar-refractivity contribution >= 4 is 11.6 Å². The van der Waals surface area contributed by atoms with Gasteiger partial charge in [-0.1, -0.05) is 17.7 Å². The van der Waals surface area contributed by atoms with Gasteiger partial charge in [-0.3, -0.25) is 0 Å². The van der Waals surface area contributed by atoms with Gasteiger partial charge in [0.1, 0.15) is 23.9 Å². The highest BCUT2D eigenvalue weighted by Gasteiger charge is 2.08. The highest BCUT2D eigenvalue weighted by Crippen LogP contribution is 2.31. The normalized spacial score (nSPS) is 10.6. The molecule has 25 heavy (non-hydrogen) atoms. The molecule has 2 heterocycles. The smallest absolute Gasteiger partial charge is 0.213 e. The quantitative estimate of drug-likeness (QED) is 0.612. The summed E-state index contributed by atoms with van der Waals surface area (Å²) in [4.78, 5) is 4.10. The van der Waals surface area contributed by atoms with Crippen molar-refractivity contribution in [2.24, 2.45) is 0 Å². The molecule has 6 heteroatoms. The van der Waals surface area contributed by atoms with E-state index < -0.39 is 0 Å². The summed E-state index contributed by atoms with van der Waals surface area (Å²) >= 11 is 6.16. The molecule has 3 rings (SSSR count). The monoisotopic (exact) mass is 358 g/mol. The molecule has 0 amide bonds. The van der Waals surface area contributed by atoms with E-state index >= 15 is 0 Å². The second-order valence-electron chi connectivity index (χ2n) is 5.31. The van der Waals surface area contributed by atoms with E-state index in [1.54, 1.807) is 13.3 Å². The van der Waals surface area contributed by atoms with Crippen molar-refractivity contribution in [3.8, 4) is 23.0 Å². The summed E-state index contributed by atoms with van der Waals surface area (Å²) in [5.74, 6) is 2.89. The maximum absolute atomic E-state index is 6.16. The van der Waals surface area contributed by atoms with Gasteiger partial charge in [0, 0.05) is 24.4 Å². The van der Waals surface area contributed by atoms with Crippen LogP contribution in [0.4, 0.5) is 0 Å². The molecule has 1 N–H and O–H groups in total. The van der Waals surface area contributed by atoms with Crippen LogP contribution in [0.5, 0.6) is 11.6 Å². The molecule has 0 aliphatic carbocycles. The molecule has 0 fully saturated rings. The molecule has 1 aromatic carbocycles. The maximum Gasteiger partial charge on any atom is 0.213 e. The van der Waals surface area contributed by atoms with Crippen molar-refractivity contribution in [1.29, 1.82) is 0 Å². The standard InChI is InChI=1S/C19H19ClN2O3/c1-23-18-7-5-14(12-16(18)20)17-8-6-15(25-17)13-21-10-11-24-19-4-2-3-9-22-19/h2-9,12,21H,10-11,13H2,1H3. The highest BCUT2D eigenvalue weighted by atomic mass is 35.5. The lowest BCUT2D eigenvalue weighted by Gasteiger charge is -2.06. The van der Waals surface area contributed by atoms with E-state index in [0.717, 1.165) is 17.1 Å². The molecule has 0 aliphatic heterocycles. The number of rotatable bonds is 8. The third-order valence-corrected chi connectivity index (χ3v) is 3.86. The number of hydrogen-bond acceptors (Lipinski definition) is 5. The van der Waals surface area contributed by atoms with E-state index in [0.29, 0.717) is 36.3 Å². The third kappa shape index (κ3) is 4.75. The molecule has 2 aromatic heterocycles. The molecular weight excluding hydrogens is 340 g/mol. The van der Waals surface area contributed by atoms with E-state index in [1.165, 1.54) is 0 Å². The Morgan fingerprint density at radius 3 is 2.84 bits per heavy atom. The second kappa shape index (κ2) is 8.55. The van der Waals surface area contributed by atoms with Crippen LogP contribution < -0.4 is 14.8 Å². The van der Waals surface area contributed by atoms with E-state index in [1.807, 2.05) is 48.5 Å². The molecule has 0 bridgehead atoms. The van der Waals surface area contributed by atoms with E-state index in [4.69, 9.17) is 25.5 Å². The number of hydrogen-bond donors (Lipinski definition) is 1. The number of benzene rings is 1. The lowest BCUT2D eigenvalue weighted by atomic mass is 10.2. The summed E-state index contributed by atoms with van der Waals surface area (Å²) < 4.78 is 16.5. The molecule has 0 radical (unpaired) electrons. The number of aromatic nitrogens is 1. The summed E-state index contributed by atoms with van der Waals surface area (Å²) in [5.41, 5.74) is 0.913. The van der Waals surface area contributed by atoms with Crippen LogP contribution in [0.1, 0.15) is 5.76 Å². The van der Waals surface area contributed by atoms with Gasteiger partial charge in [-0.25, -0.2) is 4.98 Å². The molecule has 3 aromatic rings. The number of nitrogens with one attached hydrogen (secondary N) is 1. The van der Waals surface area contributed by atoms with Gasteiger partial charge in [0.2, 0.25) is 5.88 Å². The van der Waals surface area contributed by atoms with Crippen molar-refractivity contribution in [1.82, 2.24) is 10.3 Å². The lowest BCUT2D eigenvalue weighted by Crippen LogP contribution is -2.20. The minimum atomic E-state index is 0.540. The number of methoxy groups -OCH3 is 1. The van der Waals surface area contributed by atoms with Gasteiger partial charge in [-0.05, 0) is 36.4 Å². The average molecular weight is 359 g/mol. The Kier molecular flexibility index (Phi) is 5.93. The maximum atomic E-state index is 6.16. The Labute approximate surface area is 151 Å². The SMILES string of the molecule is COc1ccc(-c2ccc(CNCCOc3ccccn3)o2)cc1Cl. The predicted octanol–water partition coefficient (Wildman–Crippen LogP) is 4.17. The van der Waals surface area contributed by atoms with Crippen LogP contribution >= 0.6 is 11.6 Å². The second-order valence-corrected chi connectivity index (χ2v) is 5.72. The van der Waals surface area contributed by atoms with Crippen LogP contribution in [0.15, 0.2) is 59.1 Å². The molecule has 0 saturated heterocycles. The summed E-state index contributed by atoms with van der Waals surface area (Å²) in [6.45, 7) is 1.86. The van der Waals surface area contributed by atoms with Crippen LogP contribution in [0.3, 0.4) is 0 Å². The first kappa shape index (κ1) is 17.3. The van der Waals surface area contributed by atoms with E-state index in [9.17, 15) is 0 Å². The van der Waals surface area contributed by atoms with E-state index in [2.05, 4.69) is 10.3 Å². The Hall–Kier alpha value is -2.50. The molecule has 0 spiro atoms. The zero-order chi connectivity index (χ0) is 17.5. The van der Waals surface area contributed by atoms with Crippen LogP contribution in [0, 0.1) is 0 Å². The van der Waals surface area contributed by atoms with Crippen molar-refractivity contribution in [2.75, 3.05) is 20.3 Å². The first-order valence-electron chi connectivity index (χ1n) is 7.93. The number of nitrogens with zero attached hydrogens (tertiary/aromatic N) is 1. The fraction of sp³-hybridized carbons (Fsp3) is 0.211. The molecule has 0 unspecified atom stereocenters. The number of ether oxygens (including phenoxy) is 2. The van der Waals surface area contributed by atoms with Gasteiger partial charge in [-0.2, -0.15) is 0 Å². The Balaban J connectivity index is 1.48. The first-order valence-corrected chi connectivity index (χ1v) is 8.31. The summed E-state index contributed by atoms with van der Waals surface area (Å²) in [6, 6.07) is 15.0. The van der Waals surface area contributed by atoms with Crippen LogP contribution in [0.25, 0.3) is 11.3 Å². The van der Waals surface area contributed by atoms with Crippen molar-refractivity contribution in [3.05, 3.63) is 65.5 Å². The third-order valence-electron chi connectivity index (χ3n) is 3.56. The summed E-state index contributed by atoms with van der Waals surface area (Å²) in [6.07, 6.45) is 1.71.